The average Bonchev–Trinajstić information content (AvgIpc) is 2.57. The highest BCUT2D eigenvalue weighted by molar-refractivity contribution is 7.18. The summed E-state index contributed by atoms with van der Waals surface area (Å²) in [7, 11) is 0. The van der Waals surface area contributed by atoms with Crippen LogP contribution in [0.15, 0.2) is 0 Å². The largest absolute Gasteiger partial charge is 0.318 e. The first-order valence-electron chi connectivity index (χ1n) is 4.52. The maximum Gasteiger partial charge on any atom is 0.221 e. The van der Waals surface area contributed by atoms with Crippen molar-refractivity contribution in [1.82, 2.24) is 0 Å². The standard InChI is InChI=1S/C10H11NO2S/c1-5-7-3-4-8(13)9(7)14-10(5)11-6(2)12/h3-4H2,1-2H3,(H,11,12). The second-order valence-corrected chi connectivity index (χ2v) is 4.49. The van der Waals surface area contributed by atoms with Crippen LogP contribution < -0.4 is 5.32 Å². The zero-order valence-corrected chi connectivity index (χ0v) is 8.96. The monoisotopic (exact) mass is 209 g/mol. The third-order valence-corrected chi connectivity index (χ3v) is 3.71. The SMILES string of the molecule is CC(=O)Nc1sc2c(c1C)CCC2=O. The summed E-state index contributed by atoms with van der Waals surface area (Å²) < 4.78 is 0. The Kier molecular flexibility index (Phi) is 2.15. The summed E-state index contributed by atoms with van der Waals surface area (Å²) in [6, 6.07) is 0. The number of amides is 1. The Bertz CT molecular complexity index is 420. The highest BCUT2D eigenvalue weighted by Gasteiger charge is 2.26. The second-order valence-electron chi connectivity index (χ2n) is 3.47. The van der Waals surface area contributed by atoms with Crippen LogP contribution in [-0.2, 0) is 11.2 Å². The number of anilines is 1. The number of hydrogen-bond donors (Lipinski definition) is 1. The summed E-state index contributed by atoms with van der Waals surface area (Å²) in [4.78, 5) is 23.1. The van der Waals surface area contributed by atoms with Crippen LogP contribution in [0, 0.1) is 6.92 Å². The lowest BCUT2D eigenvalue weighted by molar-refractivity contribution is -0.114. The van der Waals surface area contributed by atoms with Gasteiger partial charge in [0.2, 0.25) is 5.91 Å². The lowest BCUT2D eigenvalue weighted by Gasteiger charge is -2.00. The van der Waals surface area contributed by atoms with Gasteiger partial charge in [0, 0.05) is 13.3 Å². The van der Waals surface area contributed by atoms with Gasteiger partial charge in [0.15, 0.2) is 5.78 Å². The molecule has 1 amide bonds. The van der Waals surface area contributed by atoms with Crippen molar-refractivity contribution in [2.45, 2.75) is 26.7 Å². The number of ketones is 1. The first-order chi connectivity index (χ1) is 6.59. The van der Waals surface area contributed by atoms with Crippen LogP contribution in [0.4, 0.5) is 5.00 Å². The molecule has 1 N–H and O–H groups in total. The number of nitrogens with one attached hydrogen (secondary N) is 1. The van der Waals surface area contributed by atoms with E-state index in [0.717, 1.165) is 27.4 Å². The Morgan fingerprint density at radius 3 is 2.71 bits per heavy atom. The van der Waals surface area contributed by atoms with Crippen LogP contribution in [0.25, 0.3) is 0 Å². The number of carbonyl (C=O) groups excluding carboxylic acids is 2. The van der Waals surface area contributed by atoms with Crippen LogP contribution in [0.5, 0.6) is 0 Å². The molecule has 1 aromatic rings. The van der Waals surface area contributed by atoms with Crippen molar-refractivity contribution in [2.75, 3.05) is 5.32 Å². The molecule has 74 valence electrons. The molecule has 14 heavy (non-hydrogen) atoms. The fraction of sp³-hybridized carbons (Fsp3) is 0.400. The molecule has 0 aliphatic heterocycles. The van der Waals surface area contributed by atoms with E-state index in [9.17, 15) is 9.59 Å². The molecule has 1 aliphatic rings. The van der Waals surface area contributed by atoms with E-state index in [4.69, 9.17) is 0 Å². The van der Waals surface area contributed by atoms with Crippen molar-refractivity contribution in [3.63, 3.8) is 0 Å². The number of carbonyl (C=O) groups is 2. The van der Waals surface area contributed by atoms with Gasteiger partial charge in [-0.3, -0.25) is 9.59 Å². The van der Waals surface area contributed by atoms with Crippen molar-refractivity contribution in [2.24, 2.45) is 0 Å². The Labute approximate surface area is 86.1 Å². The summed E-state index contributed by atoms with van der Waals surface area (Å²) in [6.07, 6.45) is 1.46. The summed E-state index contributed by atoms with van der Waals surface area (Å²) in [6.45, 7) is 3.44. The van der Waals surface area contributed by atoms with Crippen LogP contribution in [-0.4, -0.2) is 11.7 Å². The van der Waals surface area contributed by atoms with E-state index in [-0.39, 0.29) is 11.7 Å². The third-order valence-electron chi connectivity index (χ3n) is 2.42. The normalized spacial score (nSPS) is 14.3. The highest BCUT2D eigenvalue weighted by atomic mass is 32.1. The minimum atomic E-state index is -0.0829. The van der Waals surface area contributed by atoms with Gasteiger partial charge in [-0.2, -0.15) is 0 Å². The van der Waals surface area contributed by atoms with Gasteiger partial charge in [0.25, 0.3) is 0 Å². The number of fused-ring (bicyclic) bond motifs is 1. The summed E-state index contributed by atoms with van der Waals surface area (Å²) in [5.74, 6) is 0.130. The van der Waals surface area contributed by atoms with Crippen molar-refractivity contribution < 1.29 is 9.59 Å². The predicted octanol–water partition coefficient (Wildman–Crippen LogP) is 2.14. The van der Waals surface area contributed by atoms with Crippen molar-refractivity contribution in [3.05, 3.63) is 16.0 Å². The van der Waals surface area contributed by atoms with Gasteiger partial charge in [-0.15, -0.1) is 11.3 Å². The number of Topliss-reactive ketones (excluding diaryl/α,β-unsaturated/α-hetero) is 1. The van der Waals surface area contributed by atoms with Crippen molar-refractivity contribution in [3.8, 4) is 0 Å². The molecular formula is C10H11NO2S. The zero-order valence-electron chi connectivity index (χ0n) is 8.14. The average molecular weight is 209 g/mol. The van der Waals surface area contributed by atoms with Gasteiger partial charge >= 0.3 is 0 Å². The molecule has 3 nitrogen and oxygen atoms in total. The van der Waals surface area contributed by atoms with Crippen molar-refractivity contribution >= 4 is 28.0 Å². The smallest absolute Gasteiger partial charge is 0.221 e. The van der Waals surface area contributed by atoms with Gasteiger partial charge in [-0.25, -0.2) is 0 Å². The fourth-order valence-corrected chi connectivity index (χ4v) is 2.97. The van der Waals surface area contributed by atoms with E-state index in [1.807, 2.05) is 6.92 Å². The first kappa shape index (κ1) is 9.40. The van der Waals surface area contributed by atoms with E-state index in [2.05, 4.69) is 5.32 Å². The molecule has 1 aliphatic carbocycles. The Balaban J connectivity index is 2.41. The zero-order chi connectivity index (χ0) is 10.3. The summed E-state index contributed by atoms with van der Waals surface area (Å²) in [5.41, 5.74) is 2.19. The van der Waals surface area contributed by atoms with Crippen molar-refractivity contribution in [1.29, 1.82) is 0 Å². The molecule has 1 heterocycles. The highest BCUT2D eigenvalue weighted by Crippen LogP contribution is 2.38. The maximum absolute atomic E-state index is 11.4. The molecule has 0 spiro atoms. The van der Waals surface area contributed by atoms with Gasteiger partial charge in [0.05, 0.1) is 9.88 Å². The Hall–Kier alpha value is -1.16. The molecule has 1 aromatic heterocycles. The molecule has 0 fully saturated rings. The number of hydrogen-bond acceptors (Lipinski definition) is 3. The predicted molar refractivity (Wildman–Crippen MR) is 56.0 cm³/mol. The maximum atomic E-state index is 11.4. The molecule has 0 saturated heterocycles. The molecule has 2 rings (SSSR count). The van der Waals surface area contributed by atoms with Crippen LogP contribution in [0.2, 0.25) is 0 Å². The summed E-state index contributed by atoms with van der Waals surface area (Å²) in [5, 5.41) is 3.58. The molecule has 4 heteroatoms. The molecule has 0 atom stereocenters. The number of thiophene rings is 1. The lowest BCUT2D eigenvalue weighted by Crippen LogP contribution is -2.05. The lowest BCUT2D eigenvalue weighted by atomic mass is 10.1. The fourth-order valence-electron chi connectivity index (χ4n) is 1.70. The number of rotatable bonds is 1. The summed E-state index contributed by atoms with van der Waals surface area (Å²) >= 11 is 1.40. The van der Waals surface area contributed by atoms with Crippen LogP contribution in [0.3, 0.4) is 0 Å². The van der Waals surface area contributed by atoms with E-state index in [1.165, 1.54) is 18.3 Å². The van der Waals surface area contributed by atoms with Crippen LogP contribution >= 0.6 is 11.3 Å². The molecule has 0 aromatic carbocycles. The van der Waals surface area contributed by atoms with Gasteiger partial charge in [0.1, 0.15) is 0 Å². The Morgan fingerprint density at radius 1 is 1.43 bits per heavy atom. The topological polar surface area (TPSA) is 46.2 Å². The van der Waals surface area contributed by atoms with Gasteiger partial charge in [-0.1, -0.05) is 0 Å². The molecular weight excluding hydrogens is 198 g/mol. The van der Waals surface area contributed by atoms with E-state index >= 15 is 0 Å². The minimum Gasteiger partial charge on any atom is -0.318 e. The molecule has 0 bridgehead atoms. The molecule has 0 radical (unpaired) electrons. The Morgan fingerprint density at radius 2 is 2.14 bits per heavy atom. The van der Waals surface area contributed by atoms with E-state index in [1.54, 1.807) is 0 Å². The third kappa shape index (κ3) is 1.35. The van der Waals surface area contributed by atoms with E-state index in [0.29, 0.717) is 6.42 Å². The van der Waals surface area contributed by atoms with Crippen LogP contribution in [0.1, 0.15) is 34.1 Å². The quantitative estimate of drug-likeness (QED) is 0.770. The first-order valence-corrected chi connectivity index (χ1v) is 5.34. The van der Waals surface area contributed by atoms with E-state index < -0.39 is 0 Å². The van der Waals surface area contributed by atoms with Gasteiger partial charge in [-0.05, 0) is 24.5 Å². The van der Waals surface area contributed by atoms with Gasteiger partial charge < -0.3 is 5.32 Å². The minimum absolute atomic E-state index is 0.0829. The molecule has 0 saturated carbocycles. The molecule has 0 unspecified atom stereocenters. The second kappa shape index (κ2) is 3.20.